The second-order valence-electron chi connectivity index (χ2n) is 6.82. The SMILES string of the molecule is COC(=O)C(C)CN(CC(=O)Nc1ccc(Cl)cc1C(F)(F)F)Cc1ccccc1. The summed E-state index contributed by atoms with van der Waals surface area (Å²) in [6.07, 6.45) is -4.67. The van der Waals surface area contributed by atoms with Crippen molar-refractivity contribution in [2.45, 2.75) is 19.6 Å². The van der Waals surface area contributed by atoms with Crippen molar-refractivity contribution >= 4 is 29.2 Å². The smallest absolute Gasteiger partial charge is 0.418 e. The number of nitrogens with one attached hydrogen (secondary N) is 1. The number of halogens is 4. The topological polar surface area (TPSA) is 58.6 Å². The minimum Gasteiger partial charge on any atom is -0.469 e. The fourth-order valence-corrected chi connectivity index (χ4v) is 3.11. The van der Waals surface area contributed by atoms with Gasteiger partial charge in [0.15, 0.2) is 0 Å². The standard InChI is InChI=1S/C21H22ClF3N2O3/c1-14(20(29)30-2)11-27(12-15-6-4-3-5-7-15)13-19(28)26-18-9-8-16(22)10-17(18)21(23,24)25/h3-10,14H,11-13H2,1-2H3,(H,26,28). The number of rotatable bonds is 8. The Bertz CT molecular complexity index is 876. The number of hydrogen-bond acceptors (Lipinski definition) is 4. The van der Waals surface area contributed by atoms with Gasteiger partial charge in [0, 0.05) is 18.1 Å². The first-order chi connectivity index (χ1) is 14.1. The van der Waals surface area contributed by atoms with Gasteiger partial charge < -0.3 is 10.1 Å². The number of amides is 1. The molecule has 2 aromatic carbocycles. The molecular weight excluding hydrogens is 421 g/mol. The zero-order valence-electron chi connectivity index (χ0n) is 16.5. The second-order valence-corrected chi connectivity index (χ2v) is 7.25. The molecule has 9 heteroatoms. The Labute approximate surface area is 177 Å². The summed E-state index contributed by atoms with van der Waals surface area (Å²) in [6, 6.07) is 12.4. The van der Waals surface area contributed by atoms with Gasteiger partial charge in [-0.25, -0.2) is 0 Å². The van der Waals surface area contributed by atoms with Gasteiger partial charge in [-0.2, -0.15) is 13.2 Å². The summed E-state index contributed by atoms with van der Waals surface area (Å²) in [5, 5.41) is 2.22. The molecule has 1 amide bonds. The molecule has 0 heterocycles. The molecule has 0 radical (unpaired) electrons. The zero-order valence-corrected chi connectivity index (χ0v) is 17.3. The summed E-state index contributed by atoms with van der Waals surface area (Å²) in [5.41, 5.74) is -0.511. The van der Waals surface area contributed by atoms with Crippen molar-refractivity contribution in [2.24, 2.45) is 5.92 Å². The van der Waals surface area contributed by atoms with Crippen molar-refractivity contribution < 1.29 is 27.5 Å². The first-order valence-electron chi connectivity index (χ1n) is 9.11. The summed E-state index contributed by atoms with van der Waals surface area (Å²) in [7, 11) is 1.27. The average molecular weight is 443 g/mol. The van der Waals surface area contributed by atoms with Crippen molar-refractivity contribution in [3.8, 4) is 0 Å². The summed E-state index contributed by atoms with van der Waals surface area (Å²) in [4.78, 5) is 26.0. The summed E-state index contributed by atoms with van der Waals surface area (Å²) in [5.74, 6) is -1.60. The molecule has 162 valence electrons. The van der Waals surface area contributed by atoms with Crippen LogP contribution in [-0.2, 0) is 27.0 Å². The molecule has 1 N–H and O–H groups in total. The molecule has 0 aliphatic carbocycles. The maximum absolute atomic E-state index is 13.3. The Kier molecular flexibility index (Phi) is 8.25. The third-order valence-electron chi connectivity index (χ3n) is 4.31. The number of carbonyl (C=O) groups is 2. The van der Waals surface area contributed by atoms with E-state index < -0.39 is 29.5 Å². The molecule has 0 aromatic heterocycles. The van der Waals surface area contributed by atoms with E-state index in [2.05, 4.69) is 5.32 Å². The lowest BCUT2D eigenvalue weighted by Crippen LogP contribution is -2.38. The Morgan fingerprint density at radius 3 is 2.43 bits per heavy atom. The van der Waals surface area contributed by atoms with Crippen molar-refractivity contribution in [3.05, 3.63) is 64.7 Å². The van der Waals surface area contributed by atoms with Gasteiger partial charge in [0.25, 0.3) is 0 Å². The number of benzene rings is 2. The van der Waals surface area contributed by atoms with Crippen molar-refractivity contribution in [2.75, 3.05) is 25.5 Å². The van der Waals surface area contributed by atoms with Crippen molar-refractivity contribution in [1.29, 1.82) is 0 Å². The van der Waals surface area contributed by atoms with Gasteiger partial charge in [-0.05, 0) is 23.8 Å². The Hall–Kier alpha value is -2.58. The fraction of sp³-hybridized carbons (Fsp3) is 0.333. The van der Waals surface area contributed by atoms with E-state index >= 15 is 0 Å². The molecule has 0 bridgehead atoms. The molecule has 5 nitrogen and oxygen atoms in total. The molecule has 1 unspecified atom stereocenters. The molecule has 0 saturated carbocycles. The van der Waals surface area contributed by atoms with E-state index in [0.29, 0.717) is 6.54 Å². The number of esters is 1. The molecule has 0 aliphatic rings. The molecule has 2 rings (SSSR count). The van der Waals surface area contributed by atoms with Gasteiger partial charge in [0.05, 0.1) is 30.8 Å². The van der Waals surface area contributed by atoms with Gasteiger partial charge in [0.1, 0.15) is 0 Å². The van der Waals surface area contributed by atoms with Crippen LogP contribution in [0.15, 0.2) is 48.5 Å². The maximum Gasteiger partial charge on any atom is 0.418 e. The summed E-state index contributed by atoms with van der Waals surface area (Å²) >= 11 is 5.67. The van der Waals surface area contributed by atoms with Gasteiger partial charge >= 0.3 is 12.1 Å². The largest absolute Gasteiger partial charge is 0.469 e. The highest BCUT2D eigenvalue weighted by Gasteiger charge is 2.34. The van der Waals surface area contributed by atoms with Crippen molar-refractivity contribution in [1.82, 2.24) is 4.90 Å². The lowest BCUT2D eigenvalue weighted by Gasteiger charge is -2.24. The Morgan fingerprint density at radius 1 is 1.17 bits per heavy atom. The van der Waals surface area contributed by atoms with Crippen LogP contribution in [0.3, 0.4) is 0 Å². The highest BCUT2D eigenvalue weighted by molar-refractivity contribution is 6.30. The van der Waals surface area contributed by atoms with Gasteiger partial charge in [-0.15, -0.1) is 0 Å². The Morgan fingerprint density at radius 2 is 1.83 bits per heavy atom. The molecule has 2 aromatic rings. The first kappa shape index (κ1) is 23.7. The van der Waals surface area contributed by atoms with Crippen LogP contribution in [-0.4, -0.2) is 37.0 Å². The van der Waals surface area contributed by atoms with Crippen LogP contribution >= 0.6 is 11.6 Å². The van der Waals surface area contributed by atoms with E-state index in [-0.39, 0.29) is 23.8 Å². The average Bonchev–Trinajstić information content (AvgIpc) is 2.68. The Balaban J connectivity index is 2.16. The van der Waals surface area contributed by atoms with Crippen molar-refractivity contribution in [3.63, 3.8) is 0 Å². The lowest BCUT2D eigenvalue weighted by atomic mass is 10.1. The van der Waals surface area contributed by atoms with Crippen LogP contribution in [0.25, 0.3) is 0 Å². The van der Waals surface area contributed by atoms with Gasteiger partial charge in [-0.3, -0.25) is 14.5 Å². The number of hydrogen-bond donors (Lipinski definition) is 1. The number of ether oxygens (including phenoxy) is 1. The van der Waals surface area contributed by atoms with E-state index in [4.69, 9.17) is 16.3 Å². The quantitative estimate of drug-likeness (QED) is 0.607. The number of methoxy groups -OCH3 is 1. The van der Waals surface area contributed by atoms with E-state index in [9.17, 15) is 22.8 Å². The number of nitrogens with zero attached hydrogens (tertiary/aromatic N) is 1. The van der Waals surface area contributed by atoms with E-state index in [1.807, 2.05) is 30.3 Å². The summed E-state index contributed by atoms with van der Waals surface area (Å²) in [6.45, 7) is 1.98. The van der Waals surface area contributed by atoms with Crippen LogP contribution in [0.4, 0.5) is 18.9 Å². The molecule has 0 spiro atoms. The van der Waals surface area contributed by atoms with Crippen LogP contribution in [0, 0.1) is 5.92 Å². The zero-order chi connectivity index (χ0) is 22.3. The normalized spacial score (nSPS) is 12.5. The summed E-state index contributed by atoms with van der Waals surface area (Å²) < 4.78 is 44.5. The van der Waals surface area contributed by atoms with Crippen LogP contribution in [0.5, 0.6) is 0 Å². The van der Waals surface area contributed by atoms with Gasteiger partial charge in [0.2, 0.25) is 5.91 Å². The monoisotopic (exact) mass is 442 g/mol. The second kappa shape index (κ2) is 10.4. The van der Waals surface area contributed by atoms with E-state index in [1.54, 1.807) is 11.8 Å². The molecule has 30 heavy (non-hydrogen) atoms. The first-order valence-corrected chi connectivity index (χ1v) is 9.48. The molecule has 0 aliphatic heterocycles. The highest BCUT2D eigenvalue weighted by atomic mass is 35.5. The van der Waals surface area contributed by atoms with Crippen LogP contribution < -0.4 is 5.32 Å². The minimum atomic E-state index is -4.67. The fourth-order valence-electron chi connectivity index (χ4n) is 2.94. The van der Waals surface area contributed by atoms with Gasteiger partial charge in [-0.1, -0.05) is 48.9 Å². The van der Waals surface area contributed by atoms with Crippen LogP contribution in [0.1, 0.15) is 18.1 Å². The number of alkyl halides is 3. The number of carbonyl (C=O) groups excluding carboxylic acids is 2. The predicted molar refractivity (Wildman–Crippen MR) is 108 cm³/mol. The molecular formula is C21H22ClF3N2O3. The third kappa shape index (κ3) is 7.03. The third-order valence-corrected chi connectivity index (χ3v) is 4.55. The number of anilines is 1. The molecule has 0 fully saturated rings. The van der Waals surface area contributed by atoms with E-state index in [0.717, 1.165) is 17.7 Å². The highest BCUT2D eigenvalue weighted by Crippen LogP contribution is 2.36. The molecule has 1 atom stereocenters. The van der Waals surface area contributed by atoms with E-state index in [1.165, 1.54) is 13.2 Å². The molecule has 0 saturated heterocycles. The predicted octanol–water partition coefficient (Wildman–Crippen LogP) is 4.61. The maximum atomic E-state index is 13.3. The lowest BCUT2D eigenvalue weighted by molar-refractivity contribution is -0.145. The minimum absolute atomic E-state index is 0.0852. The van der Waals surface area contributed by atoms with Crippen LogP contribution in [0.2, 0.25) is 5.02 Å².